The van der Waals surface area contributed by atoms with Crippen LogP contribution in [0.3, 0.4) is 0 Å². The van der Waals surface area contributed by atoms with E-state index in [1.165, 1.54) is 6.07 Å². The van der Waals surface area contributed by atoms with Gasteiger partial charge in [0.05, 0.1) is 0 Å². The highest BCUT2D eigenvalue weighted by Crippen LogP contribution is 2.41. The third kappa shape index (κ3) is 2.38. The molecular formula is C14H17ClFN. The van der Waals surface area contributed by atoms with Gasteiger partial charge in [0.25, 0.3) is 0 Å². The Hall–Kier alpha value is -0.860. The van der Waals surface area contributed by atoms with Crippen molar-refractivity contribution in [3.05, 3.63) is 46.8 Å². The number of hydrogen-bond donors (Lipinski definition) is 1. The number of halogens is 2. The summed E-state index contributed by atoms with van der Waals surface area (Å²) in [5.41, 5.74) is 0.450. The predicted molar refractivity (Wildman–Crippen MR) is 70.0 cm³/mol. The molecule has 1 N–H and O–H groups in total. The first-order chi connectivity index (χ1) is 8.19. The largest absolute Gasteiger partial charge is 0.316 e. The fraction of sp³-hybridized carbons (Fsp3) is 0.429. The molecule has 0 aliphatic heterocycles. The van der Waals surface area contributed by atoms with E-state index in [1.54, 1.807) is 12.1 Å². The van der Waals surface area contributed by atoms with Crippen LogP contribution >= 0.6 is 11.6 Å². The van der Waals surface area contributed by atoms with E-state index in [1.807, 2.05) is 0 Å². The van der Waals surface area contributed by atoms with Crippen molar-refractivity contribution in [1.82, 2.24) is 5.32 Å². The highest BCUT2D eigenvalue weighted by Gasteiger charge is 2.36. The summed E-state index contributed by atoms with van der Waals surface area (Å²) in [6.07, 6.45) is 5.92. The van der Waals surface area contributed by atoms with Crippen LogP contribution in [0.1, 0.15) is 25.3 Å². The minimum absolute atomic E-state index is 0.195. The summed E-state index contributed by atoms with van der Waals surface area (Å²) >= 11 is 6.18. The molecule has 2 rings (SSSR count). The van der Waals surface area contributed by atoms with Crippen molar-refractivity contribution in [2.75, 3.05) is 13.1 Å². The first kappa shape index (κ1) is 12.6. The van der Waals surface area contributed by atoms with Gasteiger partial charge in [-0.15, -0.1) is 0 Å². The van der Waals surface area contributed by atoms with Gasteiger partial charge in [-0.25, -0.2) is 4.39 Å². The van der Waals surface area contributed by atoms with Gasteiger partial charge in [-0.1, -0.05) is 36.7 Å². The van der Waals surface area contributed by atoms with Crippen LogP contribution in [0, 0.1) is 5.82 Å². The second-order valence-corrected chi connectivity index (χ2v) is 4.94. The monoisotopic (exact) mass is 253 g/mol. The van der Waals surface area contributed by atoms with Gasteiger partial charge in [-0.2, -0.15) is 0 Å². The summed E-state index contributed by atoms with van der Waals surface area (Å²) in [5, 5.41) is 3.85. The maximum absolute atomic E-state index is 14.0. The van der Waals surface area contributed by atoms with Crippen LogP contribution in [0.4, 0.5) is 4.39 Å². The predicted octanol–water partition coefficient (Wildman–Crippen LogP) is 3.68. The number of hydrogen-bond acceptors (Lipinski definition) is 1. The van der Waals surface area contributed by atoms with E-state index in [4.69, 9.17) is 11.6 Å². The zero-order chi connectivity index (χ0) is 12.3. The fourth-order valence-electron chi connectivity index (χ4n) is 2.51. The van der Waals surface area contributed by atoms with Gasteiger partial charge in [0.2, 0.25) is 0 Å². The molecule has 0 unspecified atom stereocenters. The maximum Gasteiger partial charge on any atom is 0.128 e. The minimum Gasteiger partial charge on any atom is -0.316 e. The summed E-state index contributed by atoms with van der Waals surface area (Å²) in [6.45, 7) is 3.70. The van der Waals surface area contributed by atoms with Crippen molar-refractivity contribution in [1.29, 1.82) is 0 Å². The standard InChI is InChI=1S/C14H17ClFN/c1-2-17-10-14(8-3-4-9-14)13-11(15)6-5-7-12(13)16/h3-7,17H,2,8-10H2,1H3. The fourth-order valence-corrected chi connectivity index (χ4v) is 2.87. The molecule has 0 fully saturated rings. The molecular weight excluding hydrogens is 237 g/mol. The van der Waals surface area contributed by atoms with Crippen LogP contribution in [0.25, 0.3) is 0 Å². The van der Waals surface area contributed by atoms with Crippen LogP contribution in [0.15, 0.2) is 30.4 Å². The van der Waals surface area contributed by atoms with Crippen molar-refractivity contribution >= 4 is 11.6 Å². The third-order valence-electron chi connectivity index (χ3n) is 3.39. The number of benzene rings is 1. The molecule has 92 valence electrons. The van der Waals surface area contributed by atoms with Gasteiger partial charge in [0.15, 0.2) is 0 Å². The molecule has 1 aliphatic rings. The van der Waals surface area contributed by atoms with E-state index in [0.717, 1.165) is 25.9 Å². The van der Waals surface area contributed by atoms with Gasteiger partial charge in [-0.05, 0) is 31.5 Å². The third-order valence-corrected chi connectivity index (χ3v) is 3.71. The van der Waals surface area contributed by atoms with Crippen LogP contribution in [0.5, 0.6) is 0 Å². The Labute approximate surface area is 107 Å². The van der Waals surface area contributed by atoms with E-state index >= 15 is 0 Å². The summed E-state index contributed by atoms with van der Waals surface area (Å²) in [5.74, 6) is -0.195. The van der Waals surface area contributed by atoms with Crippen molar-refractivity contribution in [3.8, 4) is 0 Å². The molecule has 17 heavy (non-hydrogen) atoms. The number of allylic oxidation sites excluding steroid dienone is 2. The SMILES string of the molecule is CCNCC1(c2c(F)cccc2Cl)CC=CC1. The molecule has 0 radical (unpaired) electrons. The lowest BCUT2D eigenvalue weighted by Gasteiger charge is -2.31. The van der Waals surface area contributed by atoms with Gasteiger partial charge >= 0.3 is 0 Å². The van der Waals surface area contributed by atoms with E-state index in [-0.39, 0.29) is 11.2 Å². The Morgan fingerprint density at radius 2 is 2.06 bits per heavy atom. The Morgan fingerprint density at radius 1 is 1.35 bits per heavy atom. The van der Waals surface area contributed by atoms with Crippen LogP contribution in [-0.4, -0.2) is 13.1 Å². The molecule has 1 aromatic carbocycles. The second kappa shape index (κ2) is 5.19. The average molecular weight is 254 g/mol. The Kier molecular flexibility index (Phi) is 3.85. The molecule has 1 nitrogen and oxygen atoms in total. The number of nitrogens with one attached hydrogen (secondary N) is 1. The summed E-state index contributed by atoms with van der Waals surface area (Å²) in [4.78, 5) is 0. The summed E-state index contributed by atoms with van der Waals surface area (Å²) in [7, 11) is 0. The van der Waals surface area contributed by atoms with Crippen LogP contribution < -0.4 is 5.32 Å². The second-order valence-electron chi connectivity index (χ2n) is 4.54. The molecule has 0 bridgehead atoms. The molecule has 3 heteroatoms. The summed E-state index contributed by atoms with van der Waals surface area (Å²) < 4.78 is 14.0. The highest BCUT2D eigenvalue weighted by molar-refractivity contribution is 6.31. The van der Waals surface area contributed by atoms with Crippen LogP contribution in [-0.2, 0) is 5.41 Å². The lowest BCUT2D eigenvalue weighted by atomic mass is 9.77. The van der Waals surface area contributed by atoms with Crippen LogP contribution in [0.2, 0.25) is 5.02 Å². The van der Waals surface area contributed by atoms with Gasteiger partial charge in [0, 0.05) is 22.5 Å². The normalized spacial score (nSPS) is 17.6. The van der Waals surface area contributed by atoms with E-state index in [9.17, 15) is 4.39 Å². The molecule has 0 atom stereocenters. The number of likely N-dealkylation sites (N-methyl/N-ethyl adjacent to an activating group) is 1. The van der Waals surface area contributed by atoms with Gasteiger partial charge in [0.1, 0.15) is 5.82 Å². The quantitative estimate of drug-likeness (QED) is 0.808. The average Bonchev–Trinajstić information content (AvgIpc) is 2.76. The molecule has 1 aromatic rings. The first-order valence-corrected chi connectivity index (χ1v) is 6.37. The molecule has 0 amide bonds. The van der Waals surface area contributed by atoms with Gasteiger partial charge in [-0.3, -0.25) is 0 Å². The molecule has 1 aliphatic carbocycles. The van der Waals surface area contributed by atoms with Crippen molar-refractivity contribution in [3.63, 3.8) is 0 Å². The first-order valence-electron chi connectivity index (χ1n) is 6.00. The van der Waals surface area contributed by atoms with Crippen molar-refractivity contribution < 1.29 is 4.39 Å². The van der Waals surface area contributed by atoms with Crippen molar-refractivity contribution in [2.24, 2.45) is 0 Å². The lowest BCUT2D eigenvalue weighted by molar-refractivity contribution is 0.404. The van der Waals surface area contributed by atoms with E-state index in [2.05, 4.69) is 24.4 Å². The summed E-state index contributed by atoms with van der Waals surface area (Å²) in [6, 6.07) is 4.92. The van der Waals surface area contributed by atoms with E-state index in [0.29, 0.717) is 10.6 Å². The highest BCUT2D eigenvalue weighted by atomic mass is 35.5. The molecule has 0 saturated heterocycles. The topological polar surface area (TPSA) is 12.0 Å². The molecule has 0 saturated carbocycles. The Morgan fingerprint density at radius 3 is 2.65 bits per heavy atom. The minimum atomic E-state index is -0.210. The zero-order valence-corrected chi connectivity index (χ0v) is 10.7. The molecule has 0 spiro atoms. The Balaban J connectivity index is 2.39. The zero-order valence-electron chi connectivity index (χ0n) is 9.97. The van der Waals surface area contributed by atoms with Crippen molar-refractivity contribution in [2.45, 2.75) is 25.2 Å². The Bertz CT molecular complexity index is 400. The lowest BCUT2D eigenvalue weighted by Crippen LogP contribution is -2.37. The van der Waals surface area contributed by atoms with E-state index < -0.39 is 0 Å². The molecule has 0 aromatic heterocycles. The maximum atomic E-state index is 14.0. The molecule has 0 heterocycles. The van der Waals surface area contributed by atoms with Gasteiger partial charge < -0.3 is 5.32 Å². The number of rotatable bonds is 4. The smallest absolute Gasteiger partial charge is 0.128 e.